The van der Waals surface area contributed by atoms with E-state index >= 15 is 0 Å². The molecule has 0 unspecified atom stereocenters. The average molecular weight is 409 g/mol. The van der Waals surface area contributed by atoms with Crippen molar-refractivity contribution in [2.45, 2.75) is 12.5 Å². The van der Waals surface area contributed by atoms with Crippen LogP contribution >= 0.6 is 11.3 Å². The molecule has 1 atom stereocenters. The first kappa shape index (κ1) is 17.9. The molecule has 1 amide bonds. The molecule has 1 aliphatic rings. The number of benzene rings is 1. The molecule has 1 aromatic carbocycles. The fraction of sp³-hybridized carbons (Fsp3) is 0.250. The van der Waals surface area contributed by atoms with Crippen molar-refractivity contribution in [1.82, 2.24) is 19.9 Å². The Bertz CT molecular complexity index is 1280. The number of aromatic nitrogens is 3. The van der Waals surface area contributed by atoms with Crippen molar-refractivity contribution in [2.75, 3.05) is 25.6 Å². The molecule has 148 valence electrons. The van der Waals surface area contributed by atoms with Crippen LogP contribution < -0.4 is 16.2 Å². The quantitative estimate of drug-likeness (QED) is 0.481. The highest BCUT2D eigenvalue weighted by atomic mass is 32.1. The molecule has 8 nitrogen and oxygen atoms in total. The first-order valence-corrected chi connectivity index (χ1v) is 10.2. The first-order chi connectivity index (χ1) is 14.1. The van der Waals surface area contributed by atoms with Crippen molar-refractivity contribution in [3.05, 3.63) is 51.8 Å². The molecule has 3 N–H and O–H groups in total. The zero-order valence-corrected chi connectivity index (χ0v) is 16.5. The Morgan fingerprint density at radius 2 is 2.24 bits per heavy atom. The molecule has 3 aromatic heterocycles. The van der Waals surface area contributed by atoms with Crippen LogP contribution in [0.15, 0.2) is 41.3 Å². The molecule has 4 aromatic rings. The number of anilines is 1. The third-order valence-corrected chi connectivity index (χ3v) is 6.09. The molecule has 1 aliphatic heterocycles. The van der Waals surface area contributed by atoms with Gasteiger partial charge in [0, 0.05) is 25.4 Å². The van der Waals surface area contributed by atoms with Gasteiger partial charge in [-0.1, -0.05) is 6.07 Å². The third-order valence-electron chi connectivity index (χ3n) is 5.08. The molecule has 4 heterocycles. The van der Waals surface area contributed by atoms with Crippen molar-refractivity contribution < 1.29 is 9.53 Å². The molecule has 0 radical (unpaired) electrons. The van der Waals surface area contributed by atoms with Crippen LogP contribution in [0.5, 0.6) is 0 Å². The molecule has 0 aliphatic carbocycles. The van der Waals surface area contributed by atoms with Gasteiger partial charge in [-0.15, -0.1) is 11.3 Å². The lowest BCUT2D eigenvalue weighted by Crippen LogP contribution is -2.34. The van der Waals surface area contributed by atoms with E-state index in [1.807, 2.05) is 30.5 Å². The number of H-pyrrole nitrogens is 1. The smallest absolute Gasteiger partial charge is 0.298 e. The molecule has 29 heavy (non-hydrogen) atoms. The second-order valence-electron chi connectivity index (χ2n) is 6.94. The lowest BCUT2D eigenvalue weighted by Gasteiger charge is -2.10. The number of hydrogen-bond acceptors (Lipinski definition) is 6. The molecule has 5 rings (SSSR count). The van der Waals surface area contributed by atoms with Gasteiger partial charge in [-0.2, -0.15) is 0 Å². The number of rotatable bonds is 4. The summed E-state index contributed by atoms with van der Waals surface area (Å²) in [7, 11) is 1.66. The number of ether oxygens (including phenoxy) is 1. The van der Waals surface area contributed by atoms with E-state index in [0.717, 1.165) is 17.3 Å². The summed E-state index contributed by atoms with van der Waals surface area (Å²) < 4.78 is 6.92. The third kappa shape index (κ3) is 3.08. The fourth-order valence-electron chi connectivity index (χ4n) is 3.59. The maximum absolute atomic E-state index is 13.1. The Hall–Kier alpha value is -3.17. The Labute approximate surface area is 169 Å². The zero-order chi connectivity index (χ0) is 20.0. The van der Waals surface area contributed by atoms with Crippen LogP contribution in [0.1, 0.15) is 16.1 Å². The lowest BCUT2D eigenvalue weighted by atomic mass is 10.2. The van der Waals surface area contributed by atoms with Crippen LogP contribution in [0.3, 0.4) is 0 Å². The Morgan fingerprint density at radius 3 is 3.03 bits per heavy atom. The highest BCUT2D eigenvalue weighted by Crippen LogP contribution is 2.27. The number of fused-ring (bicyclic) bond motifs is 2. The summed E-state index contributed by atoms with van der Waals surface area (Å²) in [6, 6.07) is 9.50. The summed E-state index contributed by atoms with van der Waals surface area (Å²) in [5.41, 5.74) is 1.99. The fourth-order valence-corrected chi connectivity index (χ4v) is 4.51. The van der Waals surface area contributed by atoms with E-state index in [0.29, 0.717) is 34.1 Å². The van der Waals surface area contributed by atoms with Gasteiger partial charge in [0.25, 0.3) is 11.5 Å². The second kappa shape index (κ2) is 7.02. The summed E-state index contributed by atoms with van der Waals surface area (Å²) in [6.07, 6.45) is 2.66. The first-order valence-electron chi connectivity index (χ1n) is 9.34. The van der Waals surface area contributed by atoms with Gasteiger partial charge in [-0.3, -0.25) is 14.2 Å². The molecular formula is C20H19N5O3S. The van der Waals surface area contributed by atoms with Crippen molar-refractivity contribution in [1.29, 1.82) is 0 Å². The highest BCUT2D eigenvalue weighted by molar-refractivity contribution is 7.20. The van der Waals surface area contributed by atoms with Gasteiger partial charge in [0.15, 0.2) is 5.82 Å². The molecule has 9 heteroatoms. The number of carbonyl (C=O) groups is 1. The Kier molecular flexibility index (Phi) is 4.33. The van der Waals surface area contributed by atoms with Gasteiger partial charge < -0.3 is 20.4 Å². The Balaban J connectivity index is 1.65. The molecule has 1 saturated heterocycles. The van der Waals surface area contributed by atoms with Gasteiger partial charge in [0.1, 0.15) is 4.83 Å². The van der Waals surface area contributed by atoms with E-state index in [2.05, 4.69) is 20.6 Å². The standard InChI is InChI=1S/C20H19N5O3S/c1-21-17-20(27)25(13-3-2-11-4-6-22-14(11)8-13)15-9-16(29-19(15)24-17)18(26)23-12-5-7-28-10-12/h2-4,6,8-9,12,22H,5,7,10H2,1H3,(H,21,24)(H,23,26)/t12-/m1/s1. The lowest BCUT2D eigenvalue weighted by molar-refractivity contribution is 0.0934. The van der Waals surface area contributed by atoms with E-state index in [1.165, 1.54) is 11.3 Å². The van der Waals surface area contributed by atoms with Crippen LogP contribution in [-0.2, 0) is 4.74 Å². The second-order valence-corrected chi connectivity index (χ2v) is 7.97. The zero-order valence-electron chi connectivity index (χ0n) is 15.7. The highest BCUT2D eigenvalue weighted by Gasteiger charge is 2.22. The van der Waals surface area contributed by atoms with Gasteiger partial charge in [-0.05, 0) is 36.1 Å². The predicted molar refractivity (Wildman–Crippen MR) is 113 cm³/mol. The summed E-state index contributed by atoms with van der Waals surface area (Å²) in [6.45, 7) is 1.19. The van der Waals surface area contributed by atoms with E-state index < -0.39 is 0 Å². The monoisotopic (exact) mass is 409 g/mol. The normalized spacial score (nSPS) is 16.5. The maximum Gasteiger partial charge on any atom is 0.298 e. The number of amides is 1. The van der Waals surface area contributed by atoms with Crippen LogP contribution in [0.25, 0.3) is 26.9 Å². The van der Waals surface area contributed by atoms with Crippen LogP contribution in [0.2, 0.25) is 0 Å². The van der Waals surface area contributed by atoms with E-state index in [1.54, 1.807) is 17.7 Å². The van der Waals surface area contributed by atoms with Gasteiger partial charge >= 0.3 is 0 Å². The topological polar surface area (TPSA) is 101 Å². The van der Waals surface area contributed by atoms with E-state index in [9.17, 15) is 9.59 Å². The van der Waals surface area contributed by atoms with Gasteiger partial charge in [0.05, 0.1) is 28.7 Å². The Morgan fingerprint density at radius 1 is 1.34 bits per heavy atom. The van der Waals surface area contributed by atoms with Gasteiger partial charge in [0.2, 0.25) is 0 Å². The predicted octanol–water partition coefficient (Wildman–Crippen LogP) is 2.49. The number of carbonyl (C=O) groups excluding carboxylic acids is 1. The molecule has 0 spiro atoms. The minimum absolute atomic E-state index is 0.0195. The maximum atomic E-state index is 13.1. The average Bonchev–Trinajstić information content (AvgIpc) is 3.47. The molecular weight excluding hydrogens is 390 g/mol. The number of nitrogens with one attached hydrogen (secondary N) is 3. The van der Waals surface area contributed by atoms with Crippen LogP contribution in [0.4, 0.5) is 5.82 Å². The van der Waals surface area contributed by atoms with Crippen LogP contribution in [0, 0.1) is 0 Å². The van der Waals surface area contributed by atoms with Crippen molar-refractivity contribution in [3.63, 3.8) is 0 Å². The summed E-state index contributed by atoms with van der Waals surface area (Å²) in [5.74, 6) is 0.0652. The number of hydrogen-bond donors (Lipinski definition) is 3. The largest absolute Gasteiger partial charge is 0.379 e. The van der Waals surface area contributed by atoms with Crippen molar-refractivity contribution >= 4 is 44.3 Å². The SMILES string of the molecule is CNc1nc2sc(C(=O)N[C@@H]3CCOC3)cc2n(-c2ccc3cc[nH]c3c2)c1=O. The van der Waals surface area contributed by atoms with Crippen molar-refractivity contribution in [3.8, 4) is 5.69 Å². The summed E-state index contributed by atoms with van der Waals surface area (Å²) in [5, 5.41) is 6.91. The van der Waals surface area contributed by atoms with E-state index in [-0.39, 0.29) is 23.3 Å². The number of aromatic amines is 1. The minimum Gasteiger partial charge on any atom is -0.379 e. The number of thiophene rings is 1. The van der Waals surface area contributed by atoms with E-state index in [4.69, 9.17) is 4.74 Å². The van der Waals surface area contributed by atoms with Crippen molar-refractivity contribution in [2.24, 2.45) is 0 Å². The minimum atomic E-state index is -0.264. The molecule has 0 bridgehead atoms. The number of nitrogens with zero attached hydrogens (tertiary/aromatic N) is 2. The van der Waals surface area contributed by atoms with Crippen LogP contribution in [-0.4, -0.2) is 46.7 Å². The van der Waals surface area contributed by atoms with Gasteiger partial charge in [-0.25, -0.2) is 4.98 Å². The summed E-state index contributed by atoms with van der Waals surface area (Å²) >= 11 is 1.27. The molecule has 1 fully saturated rings. The molecule has 0 saturated carbocycles. The summed E-state index contributed by atoms with van der Waals surface area (Å²) in [4.78, 5) is 34.5.